The Morgan fingerprint density at radius 3 is 2.31 bits per heavy atom. The molecule has 1 unspecified atom stereocenters. The Kier molecular flexibility index (Phi) is 2.67. The third-order valence-electron chi connectivity index (χ3n) is 4.60. The number of aromatic nitrogens is 1. The van der Waals surface area contributed by atoms with Crippen LogP contribution in [-0.2, 0) is 6.42 Å². The SMILES string of the molecule is Cc1nc(CC(O)C2C(C)(C)C2(C)C)cs1. The van der Waals surface area contributed by atoms with Crippen LogP contribution in [0, 0.1) is 23.7 Å². The molecule has 0 aromatic carbocycles. The van der Waals surface area contributed by atoms with Gasteiger partial charge in [0.15, 0.2) is 0 Å². The minimum absolute atomic E-state index is 0.248. The highest BCUT2D eigenvalue weighted by Crippen LogP contribution is 2.69. The molecule has 90 valence electrons. The average molecular weight is 239 g/mol. The van der Waals surface area contributed by atoms with Crippen LogP contribution in [0.2, 0.25) is 0 Å². The summed E-state index contributed by atoms with van der Waals surface area (Å²) in [5.74, 6) is 0.391. The van der Waals surface area contributed by atoms with Gasteiger partial charge in [-0.25, -0.2) is 4.98 Å². The van der Waals surface area contributed by atoms with Crippen LogP contribution in [0.25, 0.3) is 0 Å². The molecule has 3 heteroatoms. The molecule has 0 bridgehead atoms. The highest BCUT2D eigenvalue weighted by Gasteiger charge is 2.66. The van der Waals surface area contributed by atoms with Crippen molar-refractivity contribution in [2.75, 3.05) is 0 Å². The van der Waals surface area contributed by atoms with Crippen LogP contribution in [0.1, 0.15) is 38.4 Å². The lowest BCUT2D eigenvalue weighted by Gasteiger charge is -2.10. The van der Waals surface area contributed by atoms with Crippen molar-refractivity contribution in [3.8, 4) is 0 Å². The van der Waals surface area contributed by atoms with Crippen LogP contribution in [0.15, 0.2) is 5.38 Å². The lowest BCUT2D eigenvalue weighted by Crippen LogP contribution is -2.17. The molecule has 1 heterocycles. The second-order valence-electron chi connectivity index (χ2n) is 6.05. The lowest BCUT2D eigenvalue weighted by atomic mass is 10.0. The highest BCUT2D eigenvalue weighted by molar-refractivity contribution is 7.09. The largest absolute Gasteiger partial charge is 0.392 e. The van der Waals surface area contributed by atoms with Gasteiger partial charge >= 0.3 is 0 Å². The molecule has 2 nitrogen and oxygen atoms in total. The summed E-state index contributed by atoms with van der Waals surface area (Å²) in [6, 6.07) is 0. The number of nitrogens with zero attached hydrogens (tertiary/aromatic N) is 1. The summed E-state index contributed by atoms with van der Waals surface area (Å²) in [6.07, 6.45) is 0.438. The van der Waals surface area contributed by atoms with Crippen molar-refractivity contribution in [1.82, 2.24) is 4.98 Å². The smallest absolute Gasteiger partial charge is 0.0897 e. The van der Waals surface area contributed by atoms with Crippen LogP contribution in [-0.4, -0.2) is 16.2 Å². The summed E-state index contributed by atoms with van der Waals surface area (Å²) < 4.78 is 0. The summed E-state index contributed by atoms with van der Waals surface area (Å²) in [4.78, 5) is 4.41. The molecule has 1 fully saturated rings. The van der Waals surface area contributed by atoms with E-state index in [1.54, 1.807) is 11.3 Å². The minimum atomic E-state index is -0.258. The number of aliphatic hydroxyl groups excluding tert-OH is 1. The predicted molar refractivity (Wildman–Crippen MR) is 67.6 cm³/mol. The topological polar surface area (TPSA) is 33.1 Å². The van der Waals surface area contributed by atoms with Crippen LogP contribution in [0.5, 0.6) is 0 Å². The fourth-order valence-corrected chi connectivity index (χ4v) is 3.67. The van der Waals surface area contributed by atoms with Crippen molar-refractivity contribution in [2.45, 2.75) is 47.1 Å². The number of rotatable bonds is 3. The molecule has 1 aromatic heterocycles. The van der Waals surface area contributed by atoms with E-state index in [0.29, 0.717) is 12.3 Å². The van der Waals surface area contributed by atoms with Gasteiger partial charge in [0.05, 0.1) is 16.8 Å². The molecule has 1 atom stereocenters. The summed E-state index contributed by atoms with van der Waals surface area (Å²) in [6.45, 7) is 11.0. The molecule has 1 aliphatic rings. The van der Waals surface area contributed by atoms with Crippen molar-refractivity contribution in [1.29, 1.82) is 0 Å². The molecule has 2 rings (SSSR count). The Bertz CT molecular complexity index is 380. The summed E-state index contributed by atoms with van der Waals surface area (Å²) in [7, 11) is 0. The Balaban J connectivity index is 2.03. The summed E-state index contributed by atoms with van der Waals surface area (Å²) in [5, 5.41) is 13.4. The van der Waals surface area contributed by atoms with Gasteiger partial charge in [0, 0.05) is 11.8 Å². The third-order valence-corrected chi connectivity index (χ3v) is 5.42. The number of hydrogen-bond donors (Lipinski definition) is 1. The fourth-order valence-electron chi connectivity index (χ4n) is 3.04. The van der Waals surface area contributed by atoms with E-state index in [9.17, 15) is 5.11 Å². The van der Waals surface area contributed by atoms with Gasteiger partial charge in [-0.2, -0.15) is 0 Å². The summed E-state index contributed by atoms with van der Waals surface area (Å²) >= 11 is 1.66. The Morgan fingerprint density at radius 1 is 1.38 bits per heavy atom. The maximum Gasteiger partial charge on any atom is 0.0897 e. The van der Waals surface area contributed by atoms with Crippen LogP contribution in [0.3, 0.4) is 0 Å². The van der Waals surface area contributed by atoms with Gasteiger partial charge in [-0.3, -0.25) is 0 Å². The molecule has 0 saturated heterocycles. The number of hydrogen-bond acceptors (Lipinski definition) is 3. The maximum absolute atomic E-state index is 10.3. The first-order valence-electron chi connectivity index (χ1n) is 5.86. The molecular formula is C13H21NOS. The van der Waals surface area contributed by atoms with Crippen LogP contribution < -0.4 is 0 Å². The Labute approximate surface area is 102 Å². The van der Waals surface area contributed by atoms with Crippen LogP contribution >= 0.6 is 11.3 Å². The van der Waals surface area contributed by atoms with Crippen molar-refractivity contribution in [3.05, 3.63) is 16.1 Å². The Hall–Kier alpha value is -0.410. The van der Waals surface area contributed by atoms with E-state index in [2.05, 4.69) is 38.1 Å². The van der Waals surface area contributed by atoms with Crippen molar-refractivity contribution >= 4 is 11.3 Å². The molecule has 0 spiro atoms. The zero-order valence-electron chi connectivity index (χ0n) is 10.7. The third kappa shape index (κ3) is 1.70. The molecule has 1 N–H and O–H groups in total. The second kappa shape index (κ2) is 3.54. The molecule has 16 heavy (non-hydrogen) atoms. The number of aryl methyl sites for hydroxylation is 1. The van der Waals surface area contributed by atoms with Crippen LogP contribution in [0.4, 0.5) is 0 Å². The van der Waals surface area contributed by atoms with E-state index in [0.717, 1.165) is 10.7 Å². The molecule has 0 radical (unpaired) electrons. The lowest BCUT2D eigenvalue weighted by molar-refractivity contribution is 0.128. The van der Waals surface area contributed by atoms with E-state index < -0.39 is 0 Å². The summed E-state index contributed by atoms with van der Waals surface area (Å²) in [5.41, 5.74) is 1.53. The van der Waals surface area contributed by atoms with Crippen molar-refractivity contribution < 1.29 is 5.11 Å². The molecule has 0 amide bonds. The van der Waals surface area contributed by atoms with Crippen molar-refractivity contribution in [2.24, 2.45) is 16.7 Å². The number of aliphatic hydroxyl groups is 1. The Morgan fingerprint density at radius 2 is 1.94 bits per heavy atom. The zero-order valence-corrected chi connectivity index (χ0v) is 11.6. The predicted octanol–water partition coefficient (Wildman–Crippen LogP) is 3.04. The van der Waals surface area contributed by atoms with Gasteiger partial charge in [-0.05, 0) is 23.7 Å². The quantitative estimate of drug-likeness (QED) is 0.879. The second-order valence-corrected chi connectivity index (χ2v) is 7.11. The average Bonchev–Trinajstić information content (AvgIpc) is 2.44. The van der Waals surface area contributed by atoms with Gasteiger partial charge in [0.1, 0.15) is 0 Å². The van der Waals surface area contributed by atoms with Gasteiger partial charge in [0.25, 0.3) is 0 Å². The van der Waals surface area contributed by atoms with Gasteiger partial charge in [-0.1, -0.05) is 27.7 Å². The first kappa shape index (κ1) is 12.1. The molecule has 0 aliphatic heterocycles. The van der Waals surface area contributed by atoms with Gasteiger partial charge in [-0.15, -0.1) is 11.3 Å². The molecule has 1 aromatic rings. The van der Waals surface area contributed by atoms with E-state index >= 15 is 0 Å². The van der Waals surface area contributed by atoms with Crippen molar-refractivity contribution in [3.63, 3.8) is 0 Å². The standard InChI is InChI=1S/C13H21NOS/c1-8-14-9(7-16-8)6-10(15)11-12(2,3)13(11,4)5/h7,10-11,15H,6H2,1-5H3. The monoisotopic (exact) mass is 239 g/mol. The van der Waals surface area contributed by atoms with E-state index in [1.807, 2.05) is 6.92 Å². The van der Waals surface area contributed by atoms with Gasteiger partial charge < -0.3 is 5.11 Å². The highest BCUT2D eigenvalue weighted by atomic mass is 32.1. The molecular weight excluding hydrogens is 218 g/mol. The fraction of sp³-hybridized carbons (Fsp3) is 0.769. The number of thiazole rings is 1. The van der Waals surface area contributed by atoms with E-state index in [-0.39, 0.29) is 16.9 Å². The zero-order chi connectivity index (χ0) is 12.1. The minimum Gasteiger partial charge on any atom is -0.392 e. The van der Waals surface area contributed by atoms with Gasteiger partial charge in [0.2, 0.25) is 0 Å². The molecule has 1 saturated carbocycles. The first-order valence-corrected chi connectivity index (χ1v) is 6.74. The maximum atomic E-state index is 10.3. The molecule has 1 aliphatic carbocycles. The first-order chi connectivity index (χ1) is 7.26. The van der Waals surface area contributed by atoms with E-state index in [1.165, 1.54) is 0 Å². The van der Waals surface area contributed by atoms with E-state index in [4.69, 9.17) is 0 Å². The normalized spacial score (nSPS) is 24.4.